The van der Waals surface area contributed by atoms with E-state index in [1.54, 1.807) is 18.5 Å². The van der Waals surface area contributed by atoms with E-state index >= 15 is 0 Å². The van der Waals surface area contributed by atoms with E-state index in [4.69, 9.17) is 5.26 Å². The van der Waals surface area contributed by atoms with Gasteiger partial charge in [0.2, 0.25) is 0 Å². The molecular weight excluding hydrogens is 336 g/mol. The number of aromatic nitrogens is 2. The average Bonchev–Trinajstić information content (AvgIpc) is 3.19. The summed E-state index contributed by atoms with van der Waals surface area (Å²) in [6.45, 7) is 3.11. The van der Waals surface area contributed by atoms with E-state index in [1.807, 2.05) is 65.1 Å². The Morgan fingerprint density at radius 1 is 1.15 bits per heavy atom. The van der Waals surface area contributed by atoms with Gasteiger partial charge in [0, 0.05) is 12.7 Å². The Labute approximate surface area is 158 Å². The summed E-state index contributed by atoms with van der Waals surface area (Å²) in [5, 5.41) is 9.10. The maximum absolute atomic E-state index is 13.7. The van der Waals surface area contributed by atoms with Crippen LogP contribution in [0.5, 0.6) is 0 Å². The van der Waals surface area contributed by atoms with Crippen molar-refractivity contribution in [2.24, 2.45) is 0 Å². The molecule has 1 amide bonds. The van der Waals surface area contributed by atoms with Crippen LogP contribution < -0.4 is 0 Å². The lowest BCUT2D eigenvalue weighted by molar-refractivity contribution is -0.143. The summed E-state index contributed by atoms with van der Waals surface area (Å²) in [6, 6.07) is 19.5. The number of nitriles is 1. The topological polar surface area (TPSA) is 61.9 Å². The summed E-state index contributed by atoms with van der Waals surface area (Å²) < 4.78 is 2.00. The zero-order valence-corrected chi connectivity index (χ0v) is 15.2. The Kier molecular flexibility index (Phi) is 4.25. The number of carbonyl (C=O) groups excluding carboxylic acids is 1. The summed E-state index contributed by atoms with van der Waals surface area (Å²) in [5.74, 6) is 0.0593. The molecule has 0 unspecified atom stereocenters. The van der Waals surface area contributed by atoms with Crippen LogP contribution in [0, 0.1) is 11.3 Å². The average molecular weight is 356 g/mol. The van der Waals surface area contributed by atoms with E-state index in [0.717, 1.165) is 16.8 Å². The second kappa shape index (κ2) is 6.73. The highest BCUT2D eigenvalue weighted by molar-refractivity contribution is 5.89. The molecule has 27 heavy (non-hydrogen) atoms. The minimum atomic E-state index is -0.840. The first kappa shape index (κ1) is 17.0. The van der Waals surface area contributed by atoms with E-state index < -0.39 is 5.54 Å². The molecule has 1 aromatic heterocycles. The molecule has 134 valence electrons. The molecular formula is C22H20N4O. The minimum absolute atomic E-state index is 0.0593. The largest absolute Gasteiger partial charge is 0.330 e. The van der Waals surface area contributed by atoms with Gasteiger partial charge >= 0.3 is 0 Å². The van der Waals surface area contributed by atoms with Crippen molar-refractivity contribution < 1.29 is 4.79 Å². The van der Waals surface area contributed by atoms with Crippen molar-refractivity contribution in [3.63, 3.8) is 0 Å². The molecule has 0 bridgehead atoms. The summed E-state index contributed by atoms with van der Waals surface area (Å²) in [5.41, 5.74) is 2.74. The molecule has 3 aromatic rings. The van der Waals surface area contributed by atoms with Gasteiger partial charge in [0.1, 0.15) is 5.54 Å². The van der Waals surface area contributed by atoms with E-state index in [9.17, 15) is 4.79 Å². The summed E-state index contributed by atoms with van der Waals surface area (Å²) in [4.78, 5) is 19.9. The highest BCUT2D eigenvalue weighted by Gasteiger charge is 2.47. The molecule has 5 nitrogen and oxygen atoms in total. The molecule has 0 saturated heterocycles. The second-order valence-corrected chi connectivity index (χ2v) is 6.80. The number of nitrogens with zero attached hydrogens (tertiary/aromatic N) is 4. The molecule has 4 rings (SSSR count). The molecule has 5 heteroatoms. The van der Waals surface area contributed by atoms with Gasteiger partial charge in [0.15, 0.2) is 0 Å². The van der Waals surface area contributed by atoms with Crippen LogP contribution in [0.15, 0.2) is 67.1 Å². The van der Waals surface area contributed by atoms with Gasteiger partial charge in [0.25, 0.3) is 5.91 Å². The SMILES string of the molecule is CC[C@]1(c2ccc(C#N)cc2)C(=O)N(Cc2ccccc2)Cc2cncn21. The molecule has 2 heterocycles. The van der Waals surface area contributed by atoms with Crippen molar-refractivity contribution >= 4 is 5.91 Å². The number of hydrogen-bond donors (Lipinski definition) is 0. The Morgan fingerprint density at radius 3 is 2.56 bits per heavy atom. The second-order valence-electron chi connectivity index (χ2n) is 6.80. The molecule has 1 aliphatic rings. The first-order chi connectivity index (χ1) is 13.2. The third-order valence-electron chi connectivity index (χ3n) is 5.34. The van der Waals surface area contributed by atoms with Crippen molar-refractivity contribution in [2.75, 3.05) is 0 Å². The Hall–Kier alpha value is -3.39. The van der Waals surface area contributed by atoms with Gasteiger partial charge in [-0.25, -0.2) is 4.98 Å². The fraction of sp³-hybridized carbons (Fsp3) is 0.227. The van der Waals surface area contributed by atoms with E-state index in [2.05, 4.69) is 11.1 Å². The normalized spacial score (nSPS) is 18.8. The highest BCUT2D eigenvalue weighted by Crippen LogP contribution is 2.38. The molecule has 0 aliphatic carbocycles. The number of carbonyl (C=O) groups is 1. The maximum atomic E-state index is 13.7. The minimum Gasteiger partial charge on any atom is -0.330 e. The molecule has 0 saturated carbocycles. The Morgan fingerprint density at radius 2 is 1.89 bits per heavy atom. The van der Waals surface area contributed by atoms with Crippen LogP contribution >= 0.6 is 0 Å². The third kappa shape index (κ3) is 2.70. The number of rotatable bonds is 4. The first-order valence-electron chi connectivity index (χ1n) is 9.04. The Bertz CT molecular complexity index is 1000. The van der Waals surface area contributed by atoms with Crippen LogP contribution in [-0.4, -0.2) is 20.4 Å². The molecule has 0 radical (unpaired) electrons. The molecule has 0 spiro atoms. The van der Waals surface area contributed by atoms with E-state index in [1.165, 1.54) is 0 Å². The van der Waals surface area contributed by atoms with Crippen LogP contribution in [0.2, 0.25) is 0 Å². The number of benzene rings is 2. The molecule has 1 atom stereocenters. The van der Waals surface area contributed by atoms with Gasteiger partial charge in [-0.3, -0.25) is 4.79 Å². The van der Waals surface area contributed by atoms with Crippen molar-refractivity contribution in [2.45, 2.75) is 32.0 Å². The zero-order chi connectivity index (χ0) is 18.9. The molecule has 0 N–H and O–H groups in total. The molecule has 1 aliphatic heterocycles. The van der Waals surface area contributed by atoms with Crippen LogP contribution in [0.4, 0.5) is 0 Å². The number of amides is 1. The summed E-state index contributed by atoms with van der Waals surface area (Å²) >= 11 is 0. The zero-order valence-electron chi connectivity index (χ0n) is 15.2. The first-order valence-corrected chi connectivity index (χ1v) is 9.04. The lowest BCUT2D eigenvalue weighted by atomic mass is 9.83. The quantitative estimate of drug-likeness (QED) is 0.719. The lowest BCUT2D eigenvalue weighted by Crippen LogP contribution is -2.54. The van der Waals surface area contributed by atoms with Gasteiger partial charge in [-0.15, -0.1) is 0 Å². The standard InChI is InChI=1S/C22H20N4O/c1-2-22(19-10-8-17(12-23)9-11-19)21(27)25(14-18-6-4-3-5-7-18)15-20-13-24-16-26(20)22/h3-11,13,16H,2,14-15H2,1H3/t22-/m0/s1. The summed E-state index contributed by atoms with van der Waals surface area (Å²) in [7, 11) is 0. The van der Waals surface area contributed by atoms with E-state index in [0.29, 0.717) is 25.1 Å². The smallest absolute Gasteiger partial charge is 0.254 e. The van der Waals surface area contributed by atoms with E-state index in [-0.39, 0.29) is 5.91 Å². The molecule has 2 aromatic carbocycles. The summed E-state index contributed by atoms with van der Waals surface area (Å²) in [6.07, 6.45) is 4.18. The monoisotopic (exact) mass is 356 g/mol. The van der Waals surface area contributed by atoms with Crippen LogP contribution in [0.25, 0.3) is 0 Å². The van der Waals surface area contributed by atoms with Crippen LogP contribution in [0.1, 0.15) is 35.7 Å². The fourth-order valence-electron chi connectivity index (χ4n) is 3.96. The van der Waals surface area contributed by atoms with Gasteiger partial charge < -0.3 is 9.47 Å². The molecule has 0 fully saturated rings. The van der Waals surface area contributed by atoms with Crippen LogP contribution in [-0.2, 0) is 23.4 Å². The highest BCUT2D eigenvalue weighted by atomic mass is 16.2. The van der Waals surface area contributed by atoms with Gasteiger partial charge in [0.05, 0.1) is 30.2 Å². The van der Waals surface area contributed by atoms with Crippen molar-refractivity contribution in [3.05, 3.63) is 89.5 Å². The van der Waals surface area contributed by atoms with Gasteiger partial charge in [-0.1, -0.05) is 49.4 Å². The van der Waals surface area contributed by atoms with Crippen LogP contribution in [0.3, 0.4) is 0 Å². The van der Waals surface area contributed by atoms with Crippen molar-refractivity contribution in [1.82, 2.24) is 14.5 Å². The Balaban J connectivity index is 1.81. The predicted molar refractivity (Wildman–Crippen MR) is 101 cm³/mol. The predicted octanol–water partition coefficient (Wildman–Crippen LogP) is 3.45. The fourth-order valence-corrected chi connectivity index (χ4v) is 3.96. The third-order valence-corrected chi connectivity index (χ3v) is 5.34. The van der Waals surface area contributed by atoms with Gasteiger partial charge in [-0.2, -0.15) is 5.26 Å². The number of hydrogen-bond acceptors (Lipinski definition) is 3. The van der Waals surface area contributed by atoms with Crippen molar-refractivity contribution in [3.8, 4) is 6.07 Å². The maximum Gasteiger partial charge on any atom is 0.254 e. The number of imidazole rings is 1. The lowest BCUT2D eigenvalue weighted by Gasteiger charge is -2.43. The van der Waals surface area contributed by atoms with Crippen molar-refractivity contribution in [1.29, 1.82) is 5.26 Å². The van der Waals surface area contributed by atoms with Gasteiger partial charge in [-0.05, 0) is 29.7 Å². The number of fused-ring (bicyclic) bond motifs is 1.